The van der Waals surface area contributed by atoms with Crippen molar-refractivity contribution in [3.8, 4) is 0 Å². The van der Waals surface area contributed by atoms with Gasteiger partial charge in [-0.05, 0) is 51.7 Å². The Hall–Kier alpha value is -1.31. The highest BCUT2D eigenvalue weighted by Gasteiger charge is 2.25. The molecule has 118 valence electrons. The van der Waals surface area contributed by atoms with Gasteiger partial charge in [0.25, 0.3) is 0 Å². The van der Waals surface area contributed by atoms with Crippen LogP contribution in [0.3, 0.4) is 0 Å². The number of sulfonamides is 1. The van der Waals surface area contributed by atoms with Crippen LogP contribution >= 0.6 is 0 Å². The normalized spacial score (nSPS) is 19.9. The van der Waals surface area contributed by atoms with E-state index < -0.39 is 10.0 Å². The minimum atomic E-state index is -3.53. The molecule has 1 aliphatic rings. The molecule has 0 saturated carbocycles. The molecule has 0 bridgehead atoms. The Morgan fingerprint density at radius 1 is 1.48 bits per heavy atom. The fourth-order valence-electron chi connectivity index (χ4n) is 2.80. The summed E-state index contributed by atoms with van der Waals surface area (Å²) in [6.45, 7) is 1.90. The van der Waals surface area contributed by atoms with Crippen molar-refractivity contribution >= 4 is 21.4 Å². The Morgan fingerprint density at radius 2 is 2.19 bits per heavy atom. The average molecular weight is 312 g/mol. The van der Waals surface area contributed by atoms with Crippen LogP contribution in [0.15, 0.2) is 23.1 Å². The molecule has 1 unspecified atom stereocenters. The Kier molecular flexibility index (Phi) is 4.75. The van der Waals surface area contributed by atoms with Gasteiger partial charge in [0.05, 0.1) is 5.69 Å². The summed E-state index contributed by atoms with van der Waals surface area (Å²) in [6.07, 6.45) is 2.34. The summed E-state index contributed by atoms with van der Waals surface area (Å²) in [5.41, 5.74) is 6.87. The lowest BCUT2D eigenvalue weighted by atomic mass is 10.2. The van der Waals surface area contributed by atoms with E-state index >= 15 is 0 Å². The van der Waals surface area contributed by atoms with Gasteiger partial charge in [-0.3, -0.25) is 0 Å². The molecule has 1 fully saturated rings. The van der Waals surface area contributed by atoms with Gasteiger partial charge in [-0.1, -0.05) is 0 Å². The molecule has 2 rings (SSSR count). The Balaban J connectivity index is 2.30. The van der Waals surface area contributed by atoms with Gasteiger partial charge in [0, 0.05) is 25.3 Å². The summed E-state index contributed by atoms with van der Waals surface area (Å²) < 4.78 is 26.7. The minimum Gasteiger partial charge on any atom is -0.399 e. The topological polar surface area (TPSA) is 78.7 Å². The highest BCUT2D eigenvalue weighted by Crippen LogP contribution is 2.28. The molecule has 6 nitrogen and oxygen atoms in total. The van der Waals surface area contributed by atoms with Crippen molar-refractivity contribution in [2.75, 3.05) is 44.9 Å². The first kappa shape index (κ1) is 16.1. The van der Waals surface area contributed by atoms with Crippen LogP contribution < -0.4 is 15.4 Å². The molecule has 3 N–H and O–H groups in total. The fourth-order valence-corrected chi connectivity index (χ4v) is 3.81. The summed E-state index contributed by atoms with van der Waals surface area (Å²) >= 11 is 0. The van der Waals surface area contributed by atoms with E-state index in [1.807, 2.05) is 11.9 Å². The third kappa shape index (κ3) is 3.48. The van der Waals surface area contributed by atoms with Crippen molar-refractivity contribution < 1.29 is 8.42 Å². The molecule has 1 atom stereocenters. The second kappa shape index (κ2) is 6.21. The number of nitrogens with one attached hydrogen (secondary N) is 1. The van der Waals surface area contributed by atoms with Crippen LogP contribution in [0.4, 0.5) is 11.4 Å². The number of rotatable bonds is 5. The van der Waals surface area contributed by atoms with Crippen molar-refractivity contribution in [1.29, 1.82) is 0 Å². The Bertz CT molecular complexity index is 603. The zero-order chi connectivity index (χ0) is 15.6. The number of hydrogen-bond donors (Lipinski definition) is 2. The molecule has 7 heteroatoms. The molecular weight excluding hydrogens is 288 g/mol. The van der Waals surface area contributed by atoms with Crippen LogP contribution in [-0.2, 0) is 10.0 Å². The lowest BCUT2D eigenvalue weighted by molar-refractivity contribution is 0.314. The summed E-state index contributed by atoms with van der Waals surface area (Å²) in [4.78, 5) is 4.55. The number of anilines is 2. The van der Waals surface area contributed by atoms with Gasteiger partial charge in [-0.2, -0.15) is 0 Å². The number of likely N-dealkylation sites (N-methyl/N-ethyl adjacent to an activating group) is 2. The molecule has 0 aliphatic carbocycles. The largest absolute Gasteiger partial charge is 0.399 e. The van der Waals surface area contributed by atoms with Crippen LogP contribution in [0.5, 0.6) is 0 Å². The number of nitrogens with two attached hydrogens (primary N) is 1. The standard InChI is InChI=1S/C14H24N4O2S/c1-16-21(19,20)14-9-11(15)6-7-13(14)18(3)10-12-5-4-8-17(12)2/h6-7,9,12,16H,4-5,8,10,15H2,1-3H3. The van der Waals surface area contributed by atoms with Crippen LogP contribution in [-0.4, -0.2) is 53.6 Å². The first-order chi connectivity index (χ1) is 9.85. The summed E-state index contributed by atoms with van der Waals surface area (Å²) in [6, 6.07) is 5.47. The van der Waals surface area contributed by atoms with Gasteiger partial charge in [0.1, 0.15) is 4.90 Å². The third-order valence-electron chi connectivity index (χ3n) is 4.11. The van der Waals surface area contributed by atoms with Crippen LogP contribution in [0, 0.1) is 0 Å². The number of benzene rings is 1. The lowest BCUT2D eigenvalue weighted by Crippen LogP contribution is -2.37. The zero-order valence-electron chi connectivity index (χ0n) is 12.8. The predicted octanol–water partition coefficient (Wildman–Crippen LogP) is 0.707. The van der Waals surface area contributed by atoms with Crippen molar-refractivity contribution in [2.24, 2.45) is 0 Å². The number of nitrogens with zero attached hydrogens (tertiary/aromatic N) is 2. The average Bonchev–Trinajstić information content (AvgIpc) is 2.84. The first-order valence-electron chi connectivity index (χ1n) is 7.09. The summed E-state index contributed by atoms with van der Waals surface area (Å²) in [5.74, 6) is 0. The van der Waals surface area contributed by atoms with Gasteiger partial charge in [0.15, 0.2) is 0 Å². The van der Waals surface area contributed by atoms with Gasteiger partial charge in [0.2, 0.25) is 10.0 Å². The molecular formula is C14H24N4O2S. The van der Waals surface area contributed by atoms with E-state index in [1.165, 1.54) is 19.5 Å². The number of likely N-dealkylation sites (tertiary alicyclic amines) is 1. The molecule has 1 heterocycles. The highest BCUT2D eigenvalue weighted by atomic mass is 32.2. The molecule has 21 heavy (non-hydrogen) atoms. The van der Waals surface area contributed by atoms with E-state index in [0.29, 0.717) is 17.4 Å². The van der Waals surface area contributed by atoms with Crippen LogP contribution in [0.2, 0.25) is 0 Å². The van der Waals surface area contributed by atoms with E-state index in [9.17, 15) is 8.42 Å². The number of nitrogen functional groups attached to an aromatic ring is 1. The molecule has 0 radical (unpaired) electrons. The molecule has 1 aromatic rings. The molecule has 1 aromatic carbocycles. The van der Waals surface area contributed by atoms with Gasteiger partial charge < -0.3 is 15.5 Å². The van der Waals surface area contributed by atoms with Gasteiger partial charge in [-0.25, -0.2) is 13.1 Å². The number of hydrogen-bond acceptors (Lipinski definition) is 5. The summed E-state index contributed by atoms with van der Waals surface area (Å²) in [7, 11) is 1.91. The maximum atomic E-state index is 12.2. The van der Waals surface area contributed by atoms with Crippen LogP contribution in [0.25, 0.3) is 0 Å². The molecule has 0 aromatic heterocycles. The van der Waals surface area contributed by atoms with Crippen molar-refractivity contribution in [2.45, 2.75) is 23.8 Å². The van der Waals surface area contributed by atoms with Crippen molar-refractivity contribution in [3.63, 3.8) is 0 Å². The second-order valence-electron chi connectivity index (χ2n) is 5.59. The summed E-state index contributed by atoms with van der Waals surface area (Å²) in [5, 5.41) is 0. The van der Waals surface area contributed by atoms with Gasteiger partial charge in [-0.15, -0.1) is 0 Å². The monoisotopic (exact) mass is 312 g/mol. The van der Waals surface area contributed by atoms with Gasteiger partial charge >= 0.3 is 0 Å². The fraction of sp³-hybridized carbons (Fsp3) is 0.571. The van der Waals surface area contributed by atoms with E-state index in [4.69, 9.17) is 5.73 Å². The quantitative estimate of drug-likeness (QED) is 0.783. The molecule has 1 aliphatic heterocycles. The molecule has 0 amide bonds. The maximum absolute atomic E-state index is 12.2. The highest BCUT2D eigenvalue weighted by molar-refractivity contribution is 7.89. The Labute approximate surface area is 127 Å². The SMILES string of the molecule is CNS(=O)(=O)c1cc(N)ccc1N(C)CC1CCCN1C. The van der Waals surface area contributed by atoms with E-state index in [2.05, 4.69) is 16.7 Å². The second-order valence-corrected chi connectivity index (χ2v) is 7.45. The first-order valence-corrected chi connectivity index (χ1v) is 8.58. The molecule has 1 saturated heterocycles. The van der Waals surface area contributed by atoms with E-state index in [0.717, 1.165) is 19.5 Å². The predicted molar refractivity (Wildman–Crippen MR) is 86.0 cm³/mol. The van der Waals surface area contributed by atoms with Crippen molar-refractivity contribution in [3.05, 3.63) is 18.2 Å². The van der Waals surface area contributed by atoms with E-state index in [-0.39, 0.29) is 4.90 Å². The van der Waals surface area contributed by atoms with E-state index in [1.54, 1.807) is 12.1 Å². The third-order valence-corrected chi connectivity index (χ3v) is 5.55. The smallest absolute Gasteiger partial charge is 0.242 e. The maximum Gasteiger partial charge on any atom is 0.242 e. The lowest BCUT2D eigenvalue weighted by Gasteiger charge is -2.28. The minimum absolute atomic E-state index is 0.230. The Morgan fingerprint density at radius 3 is 2.76 bits per heavy atom. The van der Waals surface area contributed by atoms with Crippen molar-refractivity contribution in [1.82, 2.24) is 9.62 Å². The van der Waals surface area contributed by atoms with Crippen LogP contribution in [0.1, 0.15) is 12.8 Å². The molecule has 0 spiro atoms. The zero-order valence-corrected chi connectivity index (χ0v) is 13.7.